The van der Waals surface area contributed by atoms with Gasteiger partial charge in [-0.05, 0) is 25.2 Å². The molecule has 1 amide bonds. The highest BCUT2D eigenvalue weighted by molar-refractivity contribution is 5.73. The molecule has 0 bridgehead atoms. The molecule has 1 saturated carbocycles. The zero-order chi connectivity index (χ0) is 13.7. The van der Waals surface area contributed by atoms with Gasteiger partial charge in [-0.25, -0.2) is 0 Å². The molecule has 0 aromatic heterocycles. The van der Waals surface area contributed by atoms with E-state index >= 15 is 0 Å². The number of carbonyl (C=O) groups excluding carboxylic acids is 1. The van der Waals surface area contributed by atoms with E-state index in [-0.39, 0.29) is 29.8 Å². The maximum atomic E-state index is 11.2. The molecule has 0 radical (unpaired) electrons. The van der Waals surface area contributed by atoms with Gasteiger partial charge in [-0.2, -0.15) is 0 Å². The number of carboxylic acids is 1. The molecule has 5 nitrogen and oxygen atoms in total. The summed E-state index contributed by atoms with van der Waals surface area (Å²) >= 11 is 0. The van der Waals surface area contributed by atoms with Crippen molar-refractivity contribution in [2.75, 3.05) is 0 Å². The van der Waals surface area contributed by atoms with Crippen molar-refractivity contribution in [3.63, 3.8) is 0 Å². The summed E-state index contributed by atoms with van der Waals surface area (Å²) in [6.07, 6.45) is 4.04. The molecule has 0 heterocycles. The van der Waals surface area contributed by atoms with Crippen LogP contribution in [0.15, 0.2) is 0 Å². The van der Waals surface area contributed by atoms with Crippen molar-refractivity contribution in [3.8, 4) is 0 Å². The standard InChI is InChI=1S/C13H24N2O3/c1-3-4-5-12(15-8(2)16)10-6-9(13(17)18)7-11(10)14/h9-12H,3-7,14H2,1-2H3,(H,15,16)(H,17,18)/t9?,10-,11+,12?/m0/s1. The van der Waals surface area contributed by atoms with Gasteiger partial charge in [0.05, 0.1) is 5.92 Å². The number of aliphatic carboxylic acids is 1. The highest BCUT2D eigenvalue weighted by atomic mass is 16.4. The molecule has 1 aliphatic rings. The van der Waals surface area contributed by atoms with Gasteiger partial charge in [0.15, 0.2) is 0 Å². The normalized spacial score (nSPS) is 28.9. The third-order valence-electron chi connectivity index (χ3n) is 3.79. The molecule has 18 heavy (non-hydrogen) atoms. The van der Waals surface area contributed by atoms with Gasteiger partial charge in [-0.1, -0.05) is 19.8 Å². The maximum absolute atomic E-state index is 11.2. The number of nitrogens with one attached hydrogen (secondary N) is 1. The summed E-state index contributed by atoms with van der Waals surface area (Å²) in [5.74, 6) is -1.11. The molecule has 5 heteroatoms. The average Bonchev–Trinajstić information content (AvgIpc) is 2.66. The van der Waals surface area contributed by atoms with Crippen LogP contribution in [0.2, 0.25) is 0 Å². The van der Waals surface area contributed by atoms with Crippen LogP contribution in [0, 0.1) is 11.8 Å². The van der Waals surface area contributed by atoms with Gasteiger partial charge in [0.1, 0.15) is 0 Å². The number of carboxylic acid groups (broad SMARTS) is 1. The van der Waals surface area contributed by atoms with Gasteiger partial charge >= 0.3 is 5.97 Å². The Hall–Kier alpha value is -1.10. The second kappa shape index (κ2) is 6.73. The second-order valence-electron chi connectivity index (χ2n) is 5.28. The van der Waals surface area contributed by atoms with E-state index in [1.165, 1.54) is 6.92 Å². The molecule has 0 aromatic rings. The van der Waals surface area contributed by atoms with E-state index in [0.29, 0.717) is 12.8 Å². The minimum Gasteiger partial charge on any atom is -0.481 e. The number of nitrogens with two attached hydrogens (primary N) is 1. The van der Waals surface area contributed by atoms with Crippen molar-refractivity contribution >= 4 is 11.9 Å². The Bertz CT molecular complexity index is 307. The molecule has 0 aliphatic heterocycles. The molecule has 4 atom stereocenters. The number of carbonyl (C=O) groups is 2. The van der Waals surface area contributed by atoms with Crippen LogP contribution < -0.4 is 11.1 Å². The largest absolute Gasteiger partial charge is 0.481 e. The fourth-order valence-corrected chi connectivity index (χ4v) is 2.85. The monoisotopic (exact) mass is 256 g/mol. The Morgan fingerprint density at radius 1 is 1.44 bits per heavy atom. The number of amides is 1. The van der Waals surface area contributed by atoms with Crippen LogP contribution in [0.5, 0.6) is 0 Å². The zero-order valence-corrected chi connectivity index (χ0v) is 11.2. The van der Waals surface area contributed by atoms with Gasteiger partial charge in [-0.3, -0.25) is 9.59 Å². The maximum Gasteiger partial charge on any atom is 0.306 e. The second-order valence-corrected chi connectivity index (χ2v) is 5.28. The number of hydrogen-bond donors (Lipinski definition) is 3. The fourth-order valence-electron chi connectivity index (χ4n) is 2.85. The summed E-state index contributed by atoms with van der Waals surface area (Å²) in [7, 11) is 0. The van der Waals surface area contributed by atoms with Crippen LogP contribution in [0.1, 0.15) is 46.0 Å². The van der Waals surface area contributed by atoms with Gasteiger partial charge in [0, 0.05) is 19.0 Å². The van der Waals surface area contributed by atoms with E-state index in [9.17, 15) is 9.59 Å². The summed E-state index contributed by atoms with van der Waals surface area (Å²) in [5, 5.41) is 12.0. The van der Waals surface area contributed by atoms with Gasteiger partial charge in [-0.15, -0.1) is 0 Å². The van der Waals surface area contributed by atoms with Crippen molar-refractivity contribution in [1.29, 1.82) is 0 Å². The van der Waals surface area contributed by atoms with E-state index < -0.39 is 5.97 Å². The van der Waals surface area contributed by atoms with Crippen LogP contribution in [-0.2, 0) is 9.59 Å². The molecule has 0 spiro atoms. The summed E-state index contributed by atoms with van der Waals surface area (Å²) in [4.78, 5) is 22.2. The smallest absolute Gasteiger partial charge is 0.306 e. The minimum absolute atomic E-state index is 0.0156. The Morgan fingerprint density at radius 2 is 2.11 bits per heavy atom. The van der Waals surface area contributed by atoms with E-state index in [1.54, 1.807) is 0 Å². The van der Waals surface area contributed by atoms with Crippen LogP contribution in [0.4, 0.5) is 0 Å². The van der Waals surface area contributed by atoms with Gasteiger partial charge < -0.3 is 16.2 Å². The van der Waals surface area contributed by atoms with E-state index in [4.69, 9.17) is 10.8 Å². The average molecular weight is 256 g/mol. The van der Waals surface area contributed by atoms with Crippen LogP contribution >= 0.6 is 0 Å². The third-order valence-corrected chi connectivity index (χ3v) is 3.79. The number of hydrogen-bond acceptors (Lipinski definition) is 3. The summed E-state index contributed by atoms with van der Waals surface area (Å²) < 4.78 is 0. The van der Waals surface area contributed by atoms with Gasteiger partial charge in [0.2, 0.25) is 5.91 Å². The molecule has 1 fully saturated rings. The molecule has 0 saturated heterocycles. The molecule has 1 aliphatic carbocycles. The Labute approximate surface area is 108 Å². The minimum atomic E-state index is -0.773. The summed E-state index contributed by atoms with van der Waals surface area (Å²) in [6.45, 7) is 3.59. The van der Waals surface area contributed by atoms with Crippen molar-refractivity contribution in [2.45, 2.75) is 58.0 Å². The molecule has 2 unspecified atom stereocenters. The van der Waals surface area contributed by atoms with E-state index in [0.717, 1.165) is 19.3 Å². The first-order chi connectivity index (χ1) is 8.45. The number of rotatable bonds is 6. The first kappa shape index (κ1) is 15.0. The molecule has 104 valence electrons. The Morgan fingerprint density at radius 3 is 2.56 bits per heavy atom. The quantitative estimate of drug-likeness (QED) is 0.664. The van der Waals surface area contributed by atoms with E-state index in [2.05, 4.69) is 12.2 Å². The van der Waals surface area contributed by atoms with Gasteiger partial charge in [0.25, 0.3) is 0 Å². The van der Waals surface area contributed by atoms with Crippen LogP contribution in [-0.4, -0.2) is 29.1 Å². The SMILES string of the molecule is CCCCC(NC(C)=O)[C@H]1CC(C(=O)O)C[C@H]1N. The van der Waals surface area contributed by atoms with Crippen LogP contribution in [0.25, 0.3) is 0 Å². The first-order valence-corrected chi connectivity index (χ1v) is 6.71. The highest BCUT2D eigenvalue weighted by Crippen LogP contribution is 2.34. The molecule has 4 N–H and O–H groups in total. The molecular formula is C13H24N2O3. The van der Waals surface area contributed by atoms with Crippen molar-refractivity contribution in [2.24, 2.45) is 17.6 Å². The fraction of sp³-hybridized carbons (Fsp3) is 0.846. The Balaban J connectivity index is 2.66. The first-order valence-electron chi connectivity index (χ1n) is 6.71. The topological polar surface area (TPSA) is 92.4 Å². The molecule has 1 rings (SSSR count). The lowest BCUT2D eigenvalue weighted by Crippen LogP contribution is -2.44. The molecule has 0 aromatic carbocycles. The highest BCUT2D eigenvalue weighted by Gasteiger charge is 2.39. The molecular weight excluding hydrogens is 232 g/mol. The summed E-state index contributed by atoms with van der Waals surface area (Å²) in [6, 6.07) is -0.110. The predicted octanol–water partition coefficient (Wildman–Crippen LogP) is 1.12. The third kappa shape index (κ3) is 3.98. The lowest BCUT2D eigenvalue weighted by molar-refractivity contribution is -0.141. The van der Waals surface area contributed by atoms with Crippen molar-refractivity contribution in [3.05, 3.63) is 0 Å². The Kier molecular flexibility index (Phi) is 5.59. The van der Waals surface area contributed by atoms with Crippen molar-refractivity contribution in [1.82, 2.24) is 5.32 Å². The predicted molar refractivity (Wildman–Crippen MR) is 69.0 cm³/mol. The van der Waals surface area contributed by atoms with Crippen LogP contribution in [0.3, 0.4) is 0 Å². The van der Waals surface area contributed by atoms with E-state index in [1.807, 2.05) is 0 Å². The summed E-state index contributed by atoms with van der Waals surface area (Å²) in [5.41, 5.74) is 6.04. The lowest BCUT2D eigenvalue weighted by Gasteiger charge is -2.27. The lowest BCUT2D eigenvalue weighted by atomic mass is 9.90. The number of unbranched alkanes of at least 4 members (excludes halogenated alkanes) is 1. The van der Waals surface area contributed by atoms with Crippen molar-refractivity contribution < 1.29 is 14.7 Å². The zero-order valence-electron chi connectivity index (χ0n) is 11.2.